The van der Waals surface area contributed by atoms with E-state index < -0.39 is 6.04 Å². The third-order valence-electron chi connectivity index (χ3n) is 6.23. The molecule has 0 heterocycles. The smallest absolute Gasteiger partial charge is 0.243 e. The number of nitrogens with zero attached hydrogens (tertiary/aromatic N) is 1. The highest BCUT2D eigenvalue weighted by Crippen LogP contribution is 2.23. The fraction of sp³-hybridized carbons (Fsp3) is 0.481. The van der Waals surface area contributed by atoms with E-state index >= 15 is 0 Å². The van der Waals surface area contributed by atoms with E-state index in [0.29, 0.717) is 18.7 Å². The van der Waals surface area contributed by atoms with Gasteiger partial charge < -0.3 is 15.0 Å². The quantitative estimate of drug-likeness (QED) is 0.478. The molecule has 0 bridgehead atoms. The predicted molar refractivity (Wildman–Crippen MR) is 135 cm³/mol. The lowest BCUT2D eigenvalue weighted by molar-refractivity contribution is -0.139. The van der Waals surface area contributed by atoms with Crippen LogP contribution in [0.2, 0.25) is 0 Å². The van der Waals surface area contributed by atoms with E-state index in [4.69, 9.17) is 4.74 Å². The fourth-order valence-corrected chi connectivity index (χ4v) is 5.04. The largest absolute Gasteiger partial charge is 0.497 e. The number of carbonyl (C=O) groups is 2. The van der Waals surface area contributed by atoms with E-state index in [1.165, 1.54) is 23.7 Å². The van der Waals surface area contributed by atoms with Gasteiger partial charge in [0.1, 0.15) is 11.8 Å². The number of carbonyl (C=O) groups excluding carboxylic acids is 2. The van der Waals surface area contributed by atoms with Crippen molar-refractivity contribution in [1.29, 1.82) is 0 Å². The SMILES string of the molecule is CCC(C(=O)NC1CCCCC1)N(Cc1ccc(OC)cc1)C(=O)CSc1ccc(C)cc1. The zero-order valence-electron chi connectivity index (χ0n) is 20.0. The van der Waals surface area contributed by atoms with Gasteiger partial charge in [-0.1, -0.05) is 56.0 Å². The second-order valence-corrected chi connectivity index (χ2v) is 9.79. The maximum Gasteiger partial charge on any atom is 0.243 e. The summed E-state index contributed by atoms with van der Waals surface area (Å²) in [5.41, 5.74) is 2.17. The first kappa shape index (κ1) is 25.2. The van der Waals surface area contributed by atoms with Crippen LogP contribution in [0.3, 0.4) is 0 Å². The topological polar surface area (TPSA) is 58.6 Å². The second kappa shape index (κ2) is 12.7. The fourth-order valence-electron chi connectivity index (χ4n) is 4.25. The molecule has 2 aromatic carbocycles. The molecule has 1 N–H and O–H groups in total. The van der Waals surface area contributed by atoms with Gasteiger partial charge in [-0.2, -0.15) is 0 Å². The van der Waals surface area contributed by atoms with E-state index in [1.54, 1.807) is 12.0 Å². The van der Waals surface area contributed by atoms with Crippen LogP contribution in [0.1, 0.15) is 56.6 Å². The number of nitrogens with one attached hydrogen (secondary N) is 1. The average Bonchev–Trinajstić information content (AvgIpc) is 2.84. The van der Waals surface area contributed by atoms with Crippen LogP contribution in [-0.2, 0) is 16.1 Å². The summed E-state index contributed by atoms with van der Waals surface area (Å²) in [4.78, 5) is 29.5. The number of ether oxygens (including phenoxy) is 1. The van der Waals surface area contributed by atoms with Crippen LogP contribution in [0.4, 0.5) is 0 Å². The van der Waals surface area contributed by atoms with Gasteiger partial charge in [-0.3, -0.25) is 9.59 Å². The summed E-state index contributed by atoms with van der Waals surface area (Å²) < 4.78 is 5.26. The van der Waals surface area contributed by atoms with E-state index in [9.17, 15) is 9.59 Å². The molecule has 1 fully saturated rings. The summed E-state index contributed by atoms with van der Waals surface area (Å²) >= 11 is 1.51. The van der Waals surface area contributed by atoms with Crippen LogP contribution in [0.5, 0.6) is 5.75 Å². The minimum Gasteiger partial charge on any atom is -0.497 e. The highest BCUT2D eigenvalue weighted by molar-refractivity contribution is 8.00. The lowest BCUT2D eigenvalue weighted by Crippen LogP contribution is -2.52. The first-order valence-corrected chi connectivity index (χ1v) is 12.9. The number of amides is 2. The van der Waals surface area contributed by atoms with Crippen molar-refractivity contribution in [3.05, 3.63) is 59.7 Å². The Balaban J connectivity index is 1.74. The van der Waals surface area contributed by atoms with Crippen molar-refractivity contribution in [3.63, 3.8) is 0 Å². The summed E-state index contributed by atoms with van der Waals surface area (Å²) in [7, 11) is 1.63. The number of methoxy groups -OCH3 is 1. The Hall–Kier alpha value is -2.47. The summed E-state index contributed by atoms with van der Waals surface area (Å²) in [5.74, 6) is 1.01. The van der Waals surface area contributed by atoms with Gasteiger partial charge >= 0.3 is 0 Å². The van der Waals surface area contributed by atoms with Crippen molar-refractivity contribution < 1.29 is 14.3 Å². The van der Waals surface area contributed by atoms with Crippen molar-refractivity contribution in [2.24, 2.45) is 0 Å². The lowest BCUT2D eigenvalue weighted by Gasteiger charge is -2.32. The van der Waals surface area contributed by atoms with E-state index in [-0.39, 0.29) is 17.9 Å². The van der Waals surface area contributed by atoms with Crippen molar-refractivity contribution in [2.75, 3.05) is 12.9 Å². The first-order chi connectivity index (χ1) is 16.0. The van der Waals surface area contributed by atoms with Crippen molar-refractivity contribution in [1.82, 2.24) is 10.2 Å². The monoisotopic (exact) mass is 468 g/mol. The van der Waals surface area contributed by atoms with Crippen LogP contribution >= 0.6 is 11.8 Å². The highest BCUT2D eigenvalue weighted by Gasteiger charge is 2.30. The molecule has 3 rings (SSSR count). The van der Waals surface area contributed by atoms with Crippen molar-refractivity contribution in [2.45, 2.75) is 75.9 Å². The third-order valence-corrected chi connectivity index (χ3v) is 7.23. The first-order valence-electron chi connectivity index (χ1n) is 11.9. The Morgan fingerprint density at radius 3 is 2.33 bits per heavy atom. The zero-order valence-corrected chi connectivity index (χ0v) is 20.8. The molecule has 6 heteroatoms. The molecule has 178 valence electrons. The van der Waals surface area contributed by atoms with Gasteiger partial charge in [0, 0.05) is 17.5 Å². The Morgan fingerprint density at radius 2 is 1.73 bits per heavy atom. The number of thioether (sulfide) groups is 1. The Morgan fingerprint density at radius 1 is 1.06 bits per heavy atom. The molecular weight excluding hydrogens is 432 g/mol. The van der Waals surface area contributed by atoms with Crippen molar-refractivity contribution >= 4 is 23.6 Å². The Labute approximate surface area is 202 Å². The average molecular weight is 469 g/mol. The second-order valence-electron chi connectivity index (χ2n) is 8.74. The molecule has 1 atom stereocenters. The molecule has 0 radical (unpaired) electrons. The van der Waals surface area contributed by atoms with Gasteiger partial charge in [0.2, 0.25) is 11.8 Å². The molecule has 1 unspecified atom stereocenters. The van der Waals surface area contributed by atoms with E-state index in [2.05, 4.69) is 5.32 Å². The predicted octanol–water partition coefficient (Wildman–Crippen LogP) is 5.35. The summed E-state index contributed by atoms with van der Waals surface area (Å²) in [5, 5.41) is 3.23. The maximum atomic E-state index is 13.4. The van der Waals surface area contributed by atoms with Crippen LogP contribution in [0.15, 0.2) is 53.4 Å². The highest BCUT2D eigenvalue weighted by atomic mass is 32.2. The summed E-state index contributed by atoms with van der Waals surface area (Å²) in [6.45, 7) is 4.42. The number of hydrogen-bond acceptors (Lipinski definition) is 4. The Bertz CT molecular complexity index is 893. The molecule has 1 aliphatic carbocycles. The van der Waals surface area contributed by atoms with Crippen molar-refractivity contribution in [3.8, 4) is 5.75 Å². The molecular formula is C27H36N2O3S. The van der Waals surface area contributed by atoms with Gasteiger partial charge in [-0.15, -0.1) is 11.8 Å². The molecule has 0 aromatic heterocycles. The van der Waals surface area contributed by atoms with Gasteiger partial charge in [-0.25, -0.2) is 0 Å². The standard InChI is InChI=1S/C27H36N2O3S/c1-4-25(27(31)28-22-8-6-5-7-9-22)29(18-21-12-14-23(32-3)15-13-21)26(30)19-33-24-16-10-20(2)11-17-24/h10-17,22,25H,4-9,18-19H2,1-3H3,(H,28,31). The molecule has 2 amide bonds. The number of hydrogen-bond donors (Lipinski definition) is 1. The summed E-state index contributed by atoms with van der Waals surface area (Å²) in [6, 6.07) is 15.6. The number of rotatable bonds is 10. The molecule has 1 aliphatic rings. The summed E-state index contributed by atoms with van der Waals surface area (Å²) in [6.07, 6.45) is 6.18. The van der Waals surface area contributed by atoms with Gasteiger partial charge in [0.05, 0.1) is 12.9 Å². The van der Waals surface area contributed by atoms with Crippen LogP contribution in [0, 0.1) is 6.92 Å². The molecule has 0 saturated heterocycles. The van der Waals surface area contributed by atoms with E-state index in [0.717, 1.165) is 41.9 Å². The van der Waals surface area contributed by atoms with Crippen LogP contribution in [-0.4, -0.2) is 41.7 Å². The van der Waals surface area contributed by atoms with Crippen LogP contribution in [0.25, 0.3) is 0 Å². The molecule has 0 spiro atoms. The van der Waals surface area contributed by atoms with Crippen LogP contribution < -0.4 is 10.1 Å². The molecule has 1 saturated carbocycles. The lowest BCUT2D eigenvalue weighted by atomic mass is 9.95. The number of benzene rings is 2. The third kappa shape index (κ3) is 7.53. The van der Waals surface area contributed by atoms with E-state index in [1.807, 2.05) is 62.4 Å². The molecule has 33 heavy (non-hydrogen) atoms. The zero-order chi connectivity index (χ0) is 23.6. The Kier molecular flexibility index (Phi) is 9.67. The molecule has 5 nitrogen and oxygen atoms in total. The molecule has 0 aliphatic heterocycles. The van der Waals surface area contributed by atoms with Gasteiger partial charge in [0.15, 0.2) is 0 Å². The molecule has 2 aromatic rings. The normalized spacial score (nSPS) is 15.0. The van der Waals surface area contributed by atoms with Gasteiger partial charge in [0.25, 0.3) is 0 Å². The number of aryl methyl sites for hydroxylation is 1. The minimum absolute atomic E-state index is 0.0259. The maximum absolute atomic E-state index is 13.4. The van der Waals surface area contributed by atoms with Gasteiger partial charge in [-0.05, 0) is 56.0 Å². The minimum atomic E-state index is -0.486.